The van der Waals surface area contributed by atoms with Gasteiger partial charge in [-0.2, -0.15) is 10.6 Å². The van der Waals surface area contributed by atoms with Crippen molar-refractivity contribution >= 4 is 14.5 Å². The monoisotopic (exact) mass is 238 g/mol. The van der Waals surface area contributed by atoms with E-state index in [-0.39, 0.29) is 35.2 Å². The maximum atomic E-state index is 6.24. The van der Waals surface area contributed by atoms with Crippen LogP contribution in [0.5, 0.6) is 0 Å². The molecule has 3 heteroatoms. The van der Waals surface area contributed by atoms with Gasteiger partial charge in [0.05, 0.1) is 0 Å². The zero-order chi connectivity index (χ0) is 11.4. The topological polar surface area (TPSA) is 9.23 Å². The van der Waals surface area contributed by atoms with Crippen molar-refractivity contribution in [3.63, 3.8) is 0 Å². The van der Waals surface area contributed by atoms with Gasteiger partial charge in [-0.05, 0) is 20.8 Å². The fourth-order valence-corrected chi connectivity index (χ4v) is 6.41. The third kappa shape index (κ3) is 13.4. The van der Waals surface area contributed by atoms with Crippen molar-refractivity contribution in [2.75, 3.05) is 0 Å². The Balaban J connectivity index is 0. The summed E-state index contributed by atoms with van der Waals surface area (Å²) in [4.78, 5) is 0. The van der Waals surface area contributed by atoms with Gasteiger partial charge >= 0.3 is 29.6 Å². The SMILES string of the molecule is CC(C)[CH2][AlH-]([CH2]C(C)C)[O]C(C)(C)C.[Na+]. The molecule has 86 valence electrons. The Morgan fingerprint density at radius 3 is 1.47 bits per heavy atom. The second-order valence-corrected chi connectivity index (χ2v) is 9.35. The van der Waals surface area contributed by atoms with Crippen LogP contribution in [0.1, 0.15) is 48.5 Å². The van der Waals surface area contributed by atoms with Crippen LogP contribution in [0.4, 0.5) is 0 Å². The van der Waals surface area contributed by atoms with Gasteiger partial charge < -0.3 is 3.79 Å². The molecule has 0 bridgehead atoms. The first kappa shape index (κ1) is 18.8. The zero-order valence-electron chi connectivity index (χ0n) is 12.2. The van der Waals surface area contributed by atoms with E-state index in [2.05, 4.69) is 48.5 Å². The second-order valence-electron chi connectivity index (χ2n) is 6.38. The van der Waals surface area contributed by atoms with Crippen LogP contribution in [0.15, 0.2) is 0 Å². The van der Waals surface area contributed by atoms with Crippen molar-refractivity contribution in [1.82, 2.24) is 0 Å². The first-order valence-corrected chi connectivity index (χ1v) is 8.70. The van der Waals surface area contributed by atoms with Gasteiger partial charge in [-0.3, -0.25) is 0 Å². The summed E-state index contributed by atoms with van der Waals surface area (Å²) >= 11 is -1.35. The van der Waals surface area contributed by atoms with Crippen molar-refractivity contribution in [2.24, 2.45) is 11.8 Å². The van der Waals surface area contributed by atoms with Crippen LogP contribution in [0.2, 0.25) is 10.6 Å². The molecule has 0 heterocycles. The Bertz CT molecular complexity index is 142. The average molecular weight is 238 g/mol. The Labute approximate surface area is 123 Å². The first-order valence-electron chi connectivity index (χ1n) is 6.12. The Hall–Kier alpha value is 1.49. The maximum absolute atomic E-state index is 6.24. The van der Waals surface area contributed by atoms with Crippen LogP contribution >= 0.6 is 0 Å². The molecule has 0 aliphatic carbocycles. The molecule has 1 nitrogen and oxygen atoms in total. The van der Waals surface area contributed by atoms with Crippen LogP contribution in [0.3, 0.4) is 0 Å². The minimum absolute atomic E-state index is 0. The molecule has 15 heavy (non-hydrogen) atoms. The van der Waals surface area contributed by atoms with Gasteiger partial charge in [-0.15, -0.1) is 0 Å². The van der Waals surface area contributed by atoms with Gasteiger partial charge in [0, 0.05) is 5.60 Å². The molecule has 0 N–H and O–H groups in total. The van der Waals surface area contributed by atoms with E-state index in [4.69, 9.17) is 3.79 Å². The molecule has 0 aromatic heterocycles. The van der Waals surface area contributed by atoms with E-state index < -0.39 is 14.5 Å². The molecule has 0 fully saturated rings. The number of hydrogen-bond acceptors (Lipinski definition) is 1. The fraction of sp³-hybridized carbons (Fsp3) is 1.00. The standard InChI is InChI=1S/C4H9O.2C4H9.Al.Na.H/c1-4(2,3)5;2*1-4(2)3;;;/h1-3H3;2*4H,1H2,2-3H3;;;/q-1;;;;+1;. The van der Waals surface area contributed by atoms with Crippen molar-refractivity contribution in [1.29, 1.82) is 0 Å². The quantitative estimate of drug-likeness (QED) is 0.645. The Kier molecular flexibility index (Phi) is 10.8. The predicted molar refractivity (Wildman–Crippen MR) is 67.3 cm³/mol. The van der Waals surface area contributed by atoms with E-state index in [1.165, 1.54) is 10.6 Å². The molecule has 0 aromatic carbocycles. The maximum Gasteiger partial charge on any atom is 1.00 e. The van der Waals surface area contributed by atoms with E-state index in [0.29, 0.717) is 0 Å². The Morgan fingerprint density at radius 2 is 1.27 bits per heavy atom. The van der Waals surface area contributed by atoms with Gasteiger partial charge in [0.1, 0.15) is 0 Å². The van der Waals surface area contributed by atoms with Crippen molar-refractivity contribution < 1.29 is 33.3 Å². The molecule has 0 spiro atoms. The van der Waals surface area contributed by atoms with E-state index >= 15 is 0 Å². The molecule has 0 atom stereocenters. The summed E-state index contributed by atoms with van der Waals surface area (Å²) in [6, 6.07) is 0. The van der Waals surface area contributed by atoms with Crippen LogP contribution in [0, 0.1) is 11.8 Å². The second kappa shape index (κ2) is 8.56. The summed E-state index contributed by atoms with van der Waals surface area (Å²) in [6.07, 6.45) is 0. The minimum atomic E-state index is -1.35. The van der Waals surface area contributed by atoms with Gasteiger partial charge in [0.15, 0.2) is 0 Å². The molecule has 0 aromatic rings. The molecule has 0 unspecified atom stereocenters. The normalized spacial score (nSPS) is 12.4. The zero-order valence-corrected chi connectivity index (χ0v) is 15.6. The van der Waals surface area contributed by atoms with Crippen LogP contribution < -0.4 is 29.6 Å². The van der Waals surface area contributed by atoms with E-state index in [9.17, 15) is 0 Å². The molecule has 0 radical (unpaired) electrons. The average Bonchev–Trinajstić information content (AvgIpc) is 1.77. The van der Waals surface area contributed by atoms with Gasteiger partial charge in [0.25, 0.3) is 14.5 Å². The minimum Gasteiger partial charge on any atom is -0.656 e. The summed E-state index contributed by atoms with van der Waals surface area (Å²) in [5, 5.41) is 2.70. The largest absolute Gasteiger partial charge is 1.00 e. The van der Waals surface area contributed by atoms with Gasteiger partial charge in [-0.1, -0.05) is 39.5 Å². The first-order chi connectivity index (χ1) is 6.20. The molecule has 0 aliphatic rings. The van der Waals surface area contributed by atoms with Crippen LogP contribution in [-0.4, -0.2) is 20.1 Å². The van der Waals surface area contributed by atoms with Crippen LogP contribution in [-0.2, 0) is 3.79 Å². The summed E-state index contributed by atoms with van der Waals surface area (Å²) < 4.78 is 6.24. The molecule has 0 saturated heterocycles. The molecule has 0 saturated carbocycles. The Morgan fingerprint density at radius 1 is 0.933 bits per heavy atom. The summed E-state index contributed by atoms with van der Waals surface area (Å²) in [7, 11) is 0. The summed E-state index contributed by atoms with van der Waals surface area (Å²) in [5.74, 6) is 1.60. The summed E-state index contributed by atoms with van der Waals surface area (Å²) in [5.41, 5.74) is 0.0727. The molecular weight excluding hydrogens is 210 g/mol. The smallest absolute Gasteiger partial charge is 0.656 e. The van der Waals surface area contributed by atoms with E-state index in [1.807, 2.05) is 0 Å². The van der Waals surface area contributed by atoms with Crippen LogP contribution in [0.25, 0.3) is 0 Å². The number of rotatable bonds is 5. The van der Waals surface area contributed by atoms with E-state index in [0.717, 1.165) is 11.8 Å². The molecule has 0 amide bonds. The van der Waals surface area contributed by atoms with Gasteiger partial charge in [-0.25, -0.2) is 0 Å². The van der Waals surface area contributed by atoms with Crippen molar-refractivity contribution in [3.05, 3.63) is 0 Å². The third-order valence-corrected chi connectivity index (χ3v) is 7.31. The number of hydrogen-bond donors (Lipinski definition) is 0. The molecular formula is C12H28AlNaO. The van der Waals surface area contributed by atoms with E-state index in [1.54, 1.807) is 0 Å². The predicted octanol–water partition coefficient (Wildman–Crippen LogP) is 0.841. The van der Waals surface area contributed by atoms with Gasteiger partial charge in [0.2, 0.25) is 0 Å². The molecule has 0 aliphatic heterocycles. The summed E-state index contributed by atoms with van der Waals surface area (Å²) in [6.45, 7) is 15.8. The molecule has 0 rings (SSSR count). The fourth-order valence-electron chi connectivity index (χ4n) is 2.14. The third-order valence-electron chi connectivity index (χ3n) is 2.44. The van der Waals surface area contributed by atoms with Crippen molar-refractivity contribution in [3.8, 4) is 0 Å². The van der Waals surface area contributed by atoms with Crippen molar-refractivity contribution in [2.45, 2.75) is 64.6 Å².